The number of rotatable bonds is 2. The third-order valence-corrected chi connectivity index (χ3v) is 3.13. The third kappa shape index (κ3) is 2.85. The first-order valence-electron chi connectivity index (χ1n) is 6.30. The van der Waals surface area contributed by atoms with Crippen molar-refractivity contribution in [2.24, 2.45) is 0 Å². The smallest absolute Gasteiger partial charge is 0.270 e. The lowest BCUT2D eigenvalue weighted by molar-refractivity contribution is 0.0932. The summed E-state index contributed by atoms with van der Waals surface area (Å²) in [6, 6.07) is 0.209. The van der Waals surface area contributed by atoms with Gasteiger partial charge in [0.05, 0.1) is 0 Å². The molecule has 1 saturated heterocycles. The van der Waals surface area contributed by atoms with E-state index in [0.29, 0.717) is 5.69 Å². The Bertz CT molecular complexity index is 433. The Kier molecular flexibility index (Phi) is 3.61. The Morgan fingerprint density at radius 2 is 2.28 bits per heavy atom. The molecule has 2 rings (SSSR count). The van der Waals surface area contributed by atoms with Gasteiger partial charge in [-0.05, 0) is 18.4 Å². The van der Waals surface area contributed by atoms with Gasteiger partial charge in [-0.2, -0.15) is 0 Å². The van der Waals surface area contributed by atoms with Gasteiger partial charge in [-0.3, -0.25) is 4.79 Å². The second kappa shape index (κ2) is 5.02. The molecule has 1 atom stereocenters. The van der Waals surface area contributed by atoms with Crippen LogP contribution in [0.25, 0.3) is 0 Å². The van der Waals surface area contributed by atoms with Crippen molar-refractivity contribution in [3.05, 3.63) is 23.8 Å². The van der Waals surface area contributed by atoms with Crippen molar-refractivity contribution in [3.63, 3.8) is 0 Å². The zero-order valence-electron chi connectivity index (χ0n) is 11.2. The molecular formula is C13H20N4O. The molecule has 2 N–H and O–H groups in total. The van der Waals surface area contributed by atoms with Gasteiger partial charge in [-0.15, -0.1) is 0 Å². The minimum Gasteiger partial charge on any atom is -0.347 e. The Labute approximate surface area is 107 Å². The van der Waals surface area contributed by atoms with Crippen LogP contribution in [0.3, 0.4) is 0 Å². The number of nitrogens with zero attached hydrogens (tertiary/aromatic N) is 2. The highest BCUT2D eigenvalue weighted by molar-refractivity contribution is 5.94. The monoisotopic (exact) mass is 248 g/mol. The maximum atomic E-state index is 12.2. The number of hydrogen-bond donors (Lipinski definition) is 2. The van der Waals surface area contributed by atoms with Crippen LogP contribution in [0.4, 0.5) is 0 Å². The molecule has 2 heterocycles. The van der Waals surface area contributed by atoms with E-state index < -0.39 is 0 Å². The lowest BCUT2D eigenvalue weighted by atomic mass is 9.86. The van der Waals surface area contributed by atoms with Crippen LogP contribution in [0, 0.1) is 0 Å². The topological polar surface area (TPSA) is 66.9 Å². The molecule has 0 bridgehead atoms. The number of carbonyl (C=O) groups is 1. The van der Waals surface area contributed by atoms with E-state index >= 15 is 0 Å². The van der Waals surface area contributed by atoms with E-state index in [-0.39, 0.29) is 17.4 Å². The Hall–Kier alpha value is -1.49. The molecule has 98 valence electrons. The molecule has 1 aliphatic heterocycles. The number of nitrogens with one attached hydrogen (secondary N) is 2. The van der Waals surface area contributed by atoms with Gasteiger partial charge in [0, 0.05) is 24.3 Å². The molecule has 1 fully saturated rings. The van der Waals surface area contributed by atoms with E-state index in [4.69, 9.17) is 0 Å². The molecule has 0 spiro atoms. The largest absolute Gasteiger partial charge is 0.347 e. The number of amides is 1. The zero-order chi connectivity index (χ0) is 13.2. The van der Waals surface area contributed by atoms with Crippen LogP contribution in [0.5, 0.6) is 0 Å². The maximum Gasteiger partial charge on any atom is 0.270 e. The molecule has 0 radical (unpaired) electrons. The van der Waals surface area contributed by atoms with Gasteiger partial charge in [0.1, 0.15) is 12.0 Å². The minimum atomic E-state index is -0.137. The highest BCUT2D eigenvalue weighted by atomic mass is 16.2. The van der Waals surface area contributed by atoms with E-state index in [0.717, 1.165) is 25.1 Å². The summed E-state index contributed by atoms with van der Waals surface area (Å²) in [4.78, 5) is 20.4. The van der Waals surface area contributed by atoms with E-state index in [1.165, 1.54) is 6.33 Å². The van der Waals surface area contributed by atoms with E-state index in [9.17, 15) is 4.79 Å². The molecule has 1 amide bonds. The van der Waals surface area contributed by atoms with Gasteiger partial charge in [0.25, 0.3) is 5.91 Å². The Balaban J connectivity index is 2.19. The van der Waals surface area contributed by atoms with Crippen LogP contribution in [-0.2, 0) is 5.41 Å². The number of aromatic nitrogens is 2. The predicted molar refractivity (Wildman–Crippen MR) is 69.5 cm³/mol. The van der Waals surface area contributed by atoms with Gasteiger partial charge >= 0.3 is 0 Å². The normalized spacial score (nSPS) is 19.8. The first-order valence-corrected chi connectivity index (χ1v) is 6.30. The Morgan fingerprint density at radius 1 is 1.50 bits per heavy atom. The first kappa shape index (κ1) is 13.0. The van der Waals surface area contributed by atoms with Gasteiger partial charge in [-0.25, -0.2) is 9.97 Å². The van der Waals surface area contributed by atoms with Gasteiger partial charge in [-0.1, -0.05) is 20.8 Å². The summed E-state index contributed by atoms with van der Waals surface area (Å²) in [7, 11) is 0. The van der Waals surface area contributed by atoms with Crippen molar-refractivity contribution >= 4 is 5.91 Å². The van der Waals surface area contributed by atoms with Crippen LogP contribution < -0.4 is 10.6 Å². The van der Waals surface area contributed by atoms with Crippen molar-refractivity contribution < 1.29 is 4.79 Å². The molecule has 1 aliphatic rings. The SMILES string of the molecule is CC(C)(C)c1cncnc1C(=O)NC1CCNC1. The molecular weight excluding hydrogens is 228 g/mol. The highest BCUT2D eigenvalue weighted by Crippen LogP contribution is 2.23. The molecule has 5 heteroatoms. The van der Waals surface area contributed by atoms with Crippen LogP contribution >= 0.6 is 0 Å². The van der Waals surface area contributed by atoms with Gasteiger partial charge < -0.3 is 10.6 Å². The maximum absolute atomic E-state index is 12.2. The second-order valence-electron chi connectivity index (χ2n) is 5.70. The van der Waals surface area contributed by atoms with Crippen molar-refractivity contribution in [3.8, 4) is 0 Å². The molecule has 1 aromatic rings. The van der Waals surface area contributed by atoms with E-state index in [2.05, 4.69) is 41.4 Å². The van der Waals surface area contributed by atoms with E-state index in [1.807, 2.05) is 0 Å². The van der Waals surface area contributed by atoms with Crippen molar-refractivity contribution in [2.45, 2.75) is 38.6 Å². The predicted octanol–water partition coefficient (Wildman–Crippen LogP) is 0.866. The summed E-state index contributed by atoms with van der Waals surface area (Å²) in [5, 5.41) is 6.24. The Morgan fingerprint density at radius 3 is 2.89 bits per heavy atom. The molecule has 0 aliphatic carbocycles. The van der Waals surface area contributed by atoms with Crippen LogP contribution in [0.1, 0.15) is 43.2 Å². The summed E-state index contributed by atoms with van der Waals surface area (Å²) >= 11 is 0. The summed E-state index contributed by atoms with van der Waals surface area (Å²) in [6.45, 7) is 7.96. The molecule has 0 aromatic carbocycles. The lowest BCUT2D eigenvalue weighted by Gasteiger charge is -2.21. The minimum absolute atomic E-state index is 0.101. The standard InChI is InChI=1S/C13H20N4O/c1-13(2,3)10-7-15-8-16-11(10)12(18)17-9-4-5-14-6-9/h7-9,14H,4-6H2,1-3H3,(H,17,18). The van der Waals surface area contributed by atoms with Crippen molar-refractivity contribution in [2.75, 3.05) is 13.1 Å². The molecule has 5 nitrogen and oxygen atoms in total. The van der Waals surface area contributed by atoms with Gasteiger partial charge in [0.15, 0.2) is 0 Å². The average molecular weight is 248 g/mol. The number of hydrogen-bond acceptors (Lipinski definition) is 4. The van der Waals surface area contributed by atoms with Crippen molar-refractivity contribution in [1.29, 1.82) is 0 Å². The molecule has 1 aromatic heterocycles. The second-order valence-corrected chi connectivity index (χ2v) is 5.70. The fourth-order valence-corrected chi connectivity index (χ4v) is 2.09. The quantitative estimate of drug-likeness (QED) is 0.815. The number of carbonyl (C=O) groups excluding carboxylic acids is 1. The van der Waals surface area contributed by atoms with E-state index in [1.54, 1.807) is 6.20 Å². The summed E-state index contributed by atoms with van der Waals surface area (Å²) in [5.41, 5.74) is 1.24. The molecule has 0 saturated carbocycles. The third-order valence-electron chi connectivity index (χ3n) is 3.13. The van der Waals surface area contributed by atoms with Crippen LogP contribution in [0.2, 0.25) is 0 Å². The highest BCUT2D eigenvalue weighted by Gasteiger charge is 2.25. The summed E-state index contributed by atoms with van der Waals surface area (Å²) < 4.78 is 0. The summed E-state index contributed by atoms with van der Waals surface area (Å²) in [5.74, 6) is -0.101. The van der Waals surface area contributed by atoms with Crippen LogP contribution in [-0.4, -0.2) is 35.0 Å². The lowest BCUT2D eigenvalue weighted by Crippen LogP contribution is -2.38. The molecule has 1 unspecified atom stereocenters. The fraction of sp³-hybridized carbons (Fsp3) is 0.615. The average Bonchev–Trinajstić information content (AvgIpc) is 2.80. The van der Waals surface area contributed by atoms with Crippen molar-refractivity contribution in [1.82, 2.24) is 20.6 Å². The van der Waals surface area contributed by atoms with Gasteiger partial charge in [0.2, 0.25) is 0 Å². The fourth-order valence-electron chi connectivity index (χ4n) is 2.09. The molecule has 18 heavy (non-hydrogen) atoms. The zero-order valence-corrected chi connectivity index (χ0v) is 11.2. The first-order chi connectivity index (χ1) is 8.48. The summed E-state index contributed by atoms with van der Waals surface area (Å²) in [6.07, 6.45) is 4.13. The van der Waals surface area contributed by atoms with Crippen LogP contribution in [0.15, 0.2) is 12.5 Å².